The molecule has 0 aliphatic carbocycles. The molecule has 11 heteroatoms. The number of thiophene rings is 1. The van der Waals surface area contributed by atoms with Crippen molar-refractivity contribution in [3.8, 4) is 21.6 Å². The molecule has 1 N–H and O–H groups in total. The Labute approximate surface area is 213 Å². The second kappa shape index (κ2) is 9.72. The Morgan fingerprint density at radius 2 is 1.97 bits per heavy atom. The molecule has 1 aliphatic rings. The molecular formula is C24H13Cl2N7OS. The van der Waals surface area contributed by atoms with Gasteiger partial charge in [-0.25, -0.2) is 14.8 Å². The van der Waals surface area contributed by atoms with Gasteiger partial charge in [0, 0.05) is 56.6 Å². The van der Waals surface area contributed by atoms with Gasteiger partial charge >= 0.3 is 0 Å². The Bertz CT molecular complexity index is 1560. The lowest BCUT2D eigenvalue weighted by Crippen LogP contribution is -2.14. The summed E-state index contributed by atoms with van der Waals surface area (Å²) in [6.45, 7) is 7.99. The number of benzene rings is 1. The van der Waals surface area contributed by atoms with Gasteiger partial charge < -0.3 is 5.32 Å². The third kappa shape index (κ3) is 4.55. The Kier molecular flexibility index (Phi) is 6.33. The maximum absolute atomic E-state index is 12.5. The third-order valence-electron chi connectivity index (χ3n) is 5.06. The largest absolute Gasteiger partial charge is 0.305 e. The first-order valence-electron chi connectivity index (χ1n) is 10.2. The van der Waals surface area contributed by atoms with Crippen molar-refractivity contribution in [3.05, 3.63) is 87.2 Å². The molecule has 1 amide bonds. The van der Waals surface area contributed by atoms with E-state index in [-0.39, 0.29) is 5.69 Å². The fourth-order valence-electron chi connectivity index (χ4n) is 3.52. The maximum Gasteiger partial charge on any atom is 0.277 e. The van der Waals surface area contributed by atoms with Gasteiger partial charge in [0.05, 0.1) is 18.5 Å². The average Bonchev–Trinajstić information content (AvgIpc) is 3.53. The zero-order valence-electron chi connectivity index (χ0n) is 17.7. The van der Waals surface area contributed by atoms with Crippen LogP contribution in [0.25, 0.3) is 26.4 Å². The van der Waals surface area contributed by atoms with Crippen LogP contribution in [0.3, 0.4) is 0 Å². The van der Waals surface area contributed by atoms with Crippen LogP contribution < -0.4 is 5.32 Å². The molecule has 5 rings (SSSR count). The summed E-state index contributed by atoms with van der Waals surface area (Å²) in [4.78, 5) is 30.0. The van der Waals surface area contributed by atoms with Gasteiger partial charge in [-0.15, -0.1) is 11.3 Å². The van der Waals surface area contributed by atoms with Gasteiger partial charge in [0.15, 0.2) is 0 Å². The molecule has 0 fully saturated rings. The van der Waals surface area contributed by atoms with Crippen molar-refractivity contribution < 1.29 is 4.79 Å². The summed E-state index contributed by atoms with van der Waals surface area (Å²) in [5.74, 6) is -0.122. The predicted octanol–water partition coefficient (Wildman–Crippen LogP) is 6.56. The number of anilines is 1. The smallest absolute Gasteiger partial charge is 0.277 e. The zero-order chi connectivity index (χ0) is 24.4. The molecule has 0 atom stereocenters. The molecule has 1 aliphatic heterocycles. The molecule has 0 radical (unpaired) electrons. The lowest BCUT2D eigenvalue weighted by atomic mass is 10.00. The molecular weight excluding hydrogens is 505 g/mol. The minimum atomic E-state index is -0.439. The van der Waals surface area contributed by atoms with E-state index in [0.717, 1.165) is 10.6 Å². The minimum absolute atomic E-state index is 0.166. The number of amides is 1. The fraction of sp³-hybridized carbons (Fsp3) is 0.0417. The van der Waals surface area contributed by atoms with E-state index >= 15 is 0 Å². The highest BCUT2D eigenvalue weighted by atomic mass is 35.5. The van der Waals surface area contributed by atoms with Crippen molar-refractivity contribution in [2.75, 3.05) is 5.32 Å². The molecule has 170 valence electrons. The van der Waals surface area contributed by atoms with Crippen LogP contribution in [0.4, 0.5) is 11.5 Å². The number of nitrogens with one attached hydrogen (secondary N) is 1. The summed E-state index contributed by atoms with van der Waals surface area (Å²) in [5, 5.41) is 11.9. The van der Waals surface area contributed by atoms with Gasteiger partial charge in [0.1, 0.15) is 11.5 Å². The number of hydrogen-bond acceptors (Lipinski definition) is 7. The first-order chi connectivity index (χ1) is 17.0. The molecule has 0 saturated heterocycles. The monoisotopic (exact) mass is 517 g/mol. The fourth-order valence-corrected chi connectivity index (χ4v) is 5.27. The molecule has 35 heavy (non-hydrogen) atoms. The van der Waals surface area contributed by atoms with Crippen molar-refractivity contribution in [1.82, 2.24) is 15.0 Å². The lowest BCUT2D eigenvalue weighted by Gasteiger charge is -2.08. The number of nitrogens with zero attached hydrogens (tertiary/aromatic N) is 6. The van der Waals surface area contributed by atoms with Crippen molar-refractivity contribution in [3.63, 3.8) is 0 Å². The number of pyridine rings is 1. The Hall–Kier alpha value is -3.97. The van der Waals surface area contributed by atoms with E-state index in [2.05, 4.69) is 35.3 Å². The van der Waals surface area contributed by atoms with Crippen LogP contribution in [0.15, 0.2) is 65.3 Å². The van der Waals surface area contributed by atoms with Crippen LogP contribution >= 0.6 is 34.5 Å². The second-order valence-corrected chi connectivity index (χ2v) is 9.11. The summed E-state index contributed by atoms with van der Waals surface area (Å²) < 4.78 is 0. The summed E-state index contributed by atoms with van der Waals surface area (Å²) >= 11 is 14.1. The number of aromatic nitrogens is 3. The minimum Gasteiger partial charge on any atom is -0.305 e. The van der Waals surface area contributed by atoms with Gasteiger partial charge in [-0.1, -0.05) is 29.3 Å². The maximum atomic E-state index is 12.5. The summed E-state index contributed by atoms with van der Waals surface area (Å²) in [5.41, 5.74) is 3.40. The molecule has 0 spiro atoms. The summed E-state index contributed by atoms with van der Waals surface area (Å²) in [7, 11) is 0. The van der Waals surface area contributed by atoms with E-state index in [1.54, 1.807) is 42.7 Å². The van der Waals surface area contributed by atoms with Crippen LogP contribution in [0, 0.1) is 6.57 Å². The highest BCUT2D eigenvalue weighted by Gasteiger charge is 2.26. The molecule has 0 unspecified atom stereocenters. The van der Waals surface area contributed by atoms with E-state index in [0.29, 0.717) is 49.5 Å². The number of hydrogen-bond donors (Lipinski definition) is 1. The van der Waals surface area contributed by atoms with Gasteiger partial charge in [-0.05, 0) is 35.4 Å². The van der Waals surface area contributed by atoms with Crippen LogP contribution in [0.5, 0.6) is 0 Å². The van der Waals surface area contributed by atoms with Crippen LogP contribution in [-0.4, -0.2) is 32.8 Å². The van der Waals surface area contributed by atoms with E-state index in [1.807, 2.05) is 0 Å². The average molecular weight is 518 g/mol. The Balaban J connectivity index is 1.61. The molecule has 3 aromatic heterocycles. The topological polar surface area (TPSA) is 96.8 Å². The Morgan fingerprint density at radius 3 is 2.69 bits per heavy atom. The van der Waals surface area contributed by atoms with Crippen LogP contribution in [0.1, 0.15) is 21.8 Å². The highest BCUT2D eigenvalue weighted by Crippen LogP contribution is 2.50. The number of rotatable bonds is 5. The molecule has 1 aromatic carbocycles. The molecule has 4 aromatic rings. The SMILES string of the molecule is [C-]#[N+]c1c(-c2ccnc(NC(=O)c3cnccn3)c2)sc(C2=NN=CC2)c1-c1ccc(Cl)cc1Cl. The van der Waals surface area contributed by atoms with Crippen molar-refractivity contribution in [2.24, 2.45) is 10.2 Å². The van der Waals surface area contributed by atoms with E-state index in [1.165, 1.54) is 29.9 Å². The van der Waals surface area contributed by atoms with Crippen molar-refractivity contribution in [2.45, 2.75) is 6.42 Å². The first kappa shape index (κ1) is 22.8. The van der Waals surface area contributed by atoms with Gasteiger partial charge in [-0.2, -0.15) is 10.2 Å². The highest BCUT2D eigenvalue weighted by molar-refractivity contribution is 7.19. The molecule has 4 heterocycles. The van der Waals surface area contributed by atoms with Gasteiger partial charge in [0.2, 0.25) is 5.69 Å². The van der Waals surface area contributed by atoms with E-state index < -0.39 is 5.91 Å². The van der Waals surface area contributed by atoms with Crippen LogP contribution in [-0.2, 0) is 0 Å². The third-order valence-corrected chi connectivity index (χ3v) is 6.89. The molecule has 8 nitrogen and oxygen atoms in total. The number of carbonyl (C=O) groups excluding carboxylic acids is 1. The molecule has 0 bridgehead atoms. The van der Waals surface area contributed by atoms with Crippen LogP contribution in [0.2, 0.25) is 10.0 Å². The quantitative estimate of drug-likeness (QED) is 0.303. The van der Waals surface area contributed by atoms with E-state index in [4.69, 9.17) is 29.8 Å². The van der Waals surface area contributed by atoms with Crippen molar-refractivity contribution in [1.29, 1.82) is 0 Å². The van der Waals surface area contributed by atoms with Gasteiger partial charge in [0.25, 0.3) is 5.91 Å². The summed E-state index contributed by atoms with van der Waals surface area (Å²) in [6, 6.07) is 8.66. The normalized spacial score (nSPS) is 12.3. The van der Waals surface area contributed by atoms with E-state index in [9.17, 15) is 4.79 Å². The zero-order valence-corrected chi connectivity index (χ0v) is 20.1. The first-order valence-corrected chi connectivity index (χ1v) is 11.7. The second-order valence-electron chi connectivity index (χ2n) is 7.24. The summed E-state index contributed by atoms with van der Waals surface area (Å²) in [6.07, 6.45) is 8.12. The number of carbonyl (C=O) groups is 1. The Morgan fingerprint density at radius 1 is 1.09 bits per heavy atom. The number of halogens is 2. The van der Waals surface area contributed by atoms with Crippen molar-refractivity contribution >= 4 is 63.9 Å². The predicted molar refractivity (Wildman–Crippen MR) is 139 cm³/mol. The van der Waals surface area contributed by atoms with Gasteiger partial charge in [-0.3, -0.25) is 9.78 Å². The molecule has 0 saturated carbocycles. The lowest BCUT2D eigenvalue weighted by molar-refractivity contribution is 0.102. The standard InChI is InChI=1S/C24H13Cl2N7OS/c1-27-21-20(15-3-2-14(25)11-16(15)26)23(17-5-7-31-33-17)35-22(21)13-4-6-30-19(10-13)32-24(34)18-12-28-8-9-29-18/h2-4,6-12H,5H2,(H,30,32,34).